The maximum absolute atomic E-state index is 12.4. The molecule has 0 radical (unpaired) electrons. The lowest BCUT2D eigenvalue weighted by Gasteiger charge is -2.31. The number of benzene rings is 1. The van der Waals surface area contributed by atoms with Crippen LogP contribution in [0.5, 0.6) is 0 Å². The van der Waals surface area contributed by atoms with Crippen molar-refractivity contribution in [2.24, 2.45) is 5.41 Å². The van der Waals surface area contributed by atoms with Crippen LogP contribution in [0.15, 0.2) is 34.0 Å². The molecule has 1 fully saturated rings. The Kier molecular flexibility index (Phi) is 7.73. The molecule has 0 bridgehead atoms. The first-order valence-corrected chi connectivity index (χ1v) is 11.3. The highest BCUT2D eigenvalue weighted by atomic mass is 127. The molecule has 0 aliphatic carbocycles. The number of nitro benzene ring substituents is 1. The van der Waals surface area contributed by atoms with Gasteiger partial charge in [0.2, 0.25) is 0 Å². The van der Waals surface area contributed by atoms with Gasteiger partial charge in [0, 0.05) is 22.3 Å². The minimum absolute atomic E-state index is 0.0664. The Morgan fingerprint density at radius 1 is 1.39 bits per heavy atom. The Morgan fingerprint density at radius 3 is 2.67 bits per heavy atom. The van der Waals surface area contributed by atoms with Crippen LogP contribution in [-0.2, 0) is 16.1 Å². The molecule has 1 aromatic carbocycles. The summed E-state index contributed by atoms with van der Waals surface area (Å²) >= 11 is 2.00. The summed E-state index contributed by atoms with van der Waals surface area (Å²) in [6.07, 6.45) is -2.02. The Bertz CT molecular complexity index is 1140. The summed E-state index contributed by atoms with van der Waals surface area (Å²) in [4.78, 5) is 38.1. The first-order chi connectivity index (χ1) is 15.4. The van der Waals surface area contributed by atoms with Crippen molar-refractivity contribution in [3.8, 4) is 0 Å². The normalized spacial score (nSPS) is 21.8. The third kappa shape index (κ3) is 5.69. The van der Waals surface area contributed by atoms with Crippen molar-refractivity contribution >= 4 is 28.3 Å². The van der Waals surface area contributed by atoms with Crippen molar-refractivity contribution < 1.29 is 24.6 Å². The molecule has 12 heteroatoms. The van der Waals surface area contributed by atoms with Gasteiger partial charge in [-0.3, -0.25) is 24.5 Å². The van der Waals surface area contributed by atoms with Crippen LogP contribution in [-0.4, -0.2) is 43.5 Å². The van der Waals surface area contributed by atoms with E-state index in [1.165, 1.54) is 12.3 Å². The number of nitro groups is 1. The average Bonchev–Trinajstić information content (AvgIpc) is 3.09. The molecule has 1 aromatic heterocycles. The van der Waals surface area contributed by atoms with Gasteiger partial charge in [0.05, 0.1) is 41.5 Å². The fourth-order valence-corrected chi connectivity index (χ4v) is 4.24. The Morgan fingerprint density at radius 2 is 2.09 bits per heavy atom. The number of aliphatic hydroxyl groups excluding tert-OH is 2. The van der Waals surface area contributed by atoms with E-state index in [1.807, 2.05) is 43.4 Å². The molecule has 0 saturated carbocycles. The molecule has 2 heterocycles. The molecule has 2 unspecified atom stereocenters. The first kappa shape index (κ1) is 25.5. The predicted octanol–water partition coefficient (Wildman–Crippen LogP) is 1.99. The second kappa shape index (κ2) is 10.0. The second-order valence-corrected chi connectivity index (χ2v) is 10.2. The molecule has 4 atom stereocenters. The van der Waals surface area contributed by atoms with Gasteiger partial charge in [-0.15, -0.1) is 0 Å². The highest BCUT2D eigenvalue weighted by Gasteiger charge is 2.36. The highest BCUT2D eigenvalue weighted by molar-refractivity contribution is 14.1. The molecule has 0 spiro atoms. The third-order valence-electron chi connectivity index (χ3n) is 5.40. The number of rotatable bonds is 7. The molecule has 11 nitrogen and oxygen atoms in total. The van der Waals surface area contributed by atoms with Gasteiger partial charge in [0.25, 0.3) is 11.2 Å². The molecule has 3 rings (SSSR count). The monoisotopic (exact) mass is 575 g/mol. The minimum Gasteiger partial charge on any atom is -0.394 e. The molecular weight excluding hydrogens is 549 g/mol. The zero-order valence-corrected chi connectivity index (χ0v) is 20.5. The number of hydrogen-bond donors (Lipinski definition) is 3. The third-order valence-corrected chi connectivity index (χ3v) is 6.07. The van der Waals surface area contributed by atoms with Crippen LogP contribution in [0.4, 0.5) is 5.69 Å². The Labute approximate surface area is 202 Å². The smallest absolute Gasteiger partial charge is 0.330 e. The van der Waals surface area contributed by atoms with Gasteiger partial charge >= 0.3 is 5.69 Å². The summed E-state index contributed by atoms with van der Waals surface area (Å²) in [5, 5.41) is 30.9. The Balaban J connectivity index is 1.92. The summed E-state index contributed by atoms with van der Waals surface area (Å²) in [5.74, 6) is 0. The fourth-order valence-electron chi connectivity index (χ4n) is 3.77. The van der Waals surface area contributed by atoms with Crippen molar-refractivity contribution in [3.63, 3.8) is 0 Å². The minimum atomic E-state index is -0.953. The van der Waals surface area contributed by atoms with E-state index < -0.39 is 52.7 Å². The van der Waals surface area contributed by atoms with Crippen molar-refractivity contribution in [3.05, 3.63) is 70.0 Å². The number of aliphatic hydroxyl groups is 2. The van der Waals surface area contributed by atoms with E-state index in [2.05, 4.69) is 4.98 Å². The number of ether oxygens (including phenoxy) is 2. The zero-order valence-electron chi connectivity index (χ0n) is 18.4. The summed E-state index contributed by atoms with van der Waals surface area (Å²) in [7, 11) is 0. The molecule has 2 aromatic rings. The fraction of sp³-hybridized carbons (Fsp3) is 0.524. The average molecular weight is 575 g/mol. The molecule has 1 aliphatic rings. The van der Waals surface area contributed by atoms with E-state index in [9.17, 15) is 29.9 Å². The topological polar surface area (TPSA) is 157 Å². The van der Waals surface area contributed by atoms with E-state index in [0.29, 0.717) is 9.13 Å². The summed E-state index contributed by atoms with van der Waals surface area (Å²) < 4.78 is 13.4. The maximum Gasteiger partial charge on any atom is 0.330 e. The Hall–Kier alpha value is -2.13. The molecule has 33 heavy (non-hydrogen) atoms. The number of aromatic amines is 1. The van der Waals surface area contributed by atoms with Crippen LogP contribution in [0.2, 0.25) is 0 Å². The largest absolute Gasteiger partial charge is 0.394 e. The maximum atomic E-state index is 12.4. The number of nitrogens with one attached hydrogen (secondary N) is 1. The summed E-state index contributed by atoms with van der Waals surface area (Å²) in [5.41, 5.74) is -1.51. The van der Waals surface area contributed by atoms with Gasteiger partial charge in [0.15, 0.2) is 0 Å². The van der Waals surface area contributed by atoms with Crippen LogP contribution in [0, 0.1) is 19.1 Å². The van der Waals surface area contributed by atoms with Gasteiger partial charge < -0.3 is 19.7 Å². The molecule has 0 amide bonds. The van der Waals surface area contributed by atoms with Crippen LogP contribution in [0.1, 0.15) is 50.7 Å². The molecule has 1 aliphatic heterocycles. The van der Waals surface area contributed by atoms with Gasteiger partial charge in [0.1, 0.15) is 12.3 Å². The summed E-state index contributed by atoms with van der Waals surface area (Å²) in [6.45, 7) is 4.97. The standard InChI is InChI=1S/C21H26IN3O8/c1-21(2,3)18(13-5-4-12(22)6-14(13)25(30)31)32-10-11-8-24(20(29)23-19(11)28)17-7-15(27)16(9-26)33-17/h4-6,8,15-18,26-27H,7,9-10H2,1-3H3,(H,23,28,29)/t15?,16-,17-,18?/m1/s1. The van der Waals surface area contributed by atoms with E-state index in [-0.39, 0.29) is 24.3 Å². The van der Waals surface area contributed by atoms with Gasteiger partial charge in [-0.1, -0.05) is 20.8 Å². The number of hydrogen-bond acceptors (Lipinski definition) is 8. The van der Waals surface area contributed by atoms with E-state index in [1.54, 1.807) is 12.1 Å². The summed E-state index contributed by atoms with van der Waals surface area (Å²) in [6, 6.07) is 4.85. The van der Waals surface area contributed by atoms with Gasteiger partial charge in [-0.2, -0.15) is 0 Å². The number of aromatic nitrogens is 2. The lowest BCUT2D eigenvalue weighted by molar-refractivity contribution is -0.386. The van der Waals surface area contributed by atoms with Gasteiger partial charge in [-0.05, 0) is 40.1 Å². The van der Waals surface area contributed by atoms with E-state index in [4.69, 9.17) is 9.47 Å². The SMILES string of the molecule is CC(C)(C)C(OCc1cn([C@H]2CC(O)[C@@H](CO)O2)c(=O)[nH]c1=O)c1ccc(I)cc1[N+](=O)[O-]. The van der Waals surface area contributed by atoms with Crippen molar-refractivity contribution in [2.45, 2.75) is 58.3 Å². The lowest BCUT2D eigenvalue weighted by Crippen LogP contribution is -2.35. The number of H-pyrrole nitrogens is 1. The molecular formula is C21H26IN3O8. The number of halogens is 1. The number of nitrogens with zero attached hydrogens (tertiary/aromatic N) is 2. The quantitative estimate of drug-likeness (QED) is 0.257. The lowest BCUT2D eigenvalue weighted by atomic mass is 9.84. The van der Waals surface area contributed by atoms with E-state index in [0.717, 1.165) is 4.57 Å². The van der Waals surface area contributed by atoms with Crippen molar-refractivity contribution in [1.29, 1.82) is 0 Å². The molecule has 180 valence electrons. The van der Waals surface area contributed by atoms with E-state index >= 15 is 0 Å². The van der Waals surface area contributed by atoms with Crippen LogP contribution in [0.3, 0.4) is 0 Å². The van der Waals surface area contributed by atoms with Crippen molar-refractivity contribution in [2.75, 3.05) is 6.61 Å². The zero-order chi connectivity index (χ0) is 24.5. The second-order valence-electron chi connectivity index (χ2n) is 8.95. The highest BCUT2D eigenvalue weighted by Crippen LogP contribution is 2.41. The predicted molar refractivity (Wildman–Crippen MR) is 126 cm³/mol. The molecule has 1 saturated heterocycles. The van der Waals surface area contributed by atoms with Gasteiger partial charge in [-0.25, -0.2) is 4.79 Å². The molecule has 3 N–H and O–H groups in total. The van der Waals surface area contributed by atoms with Crippen molar-refractivity contribution in [1.82, 2.24) is 9.55 Å². The van der Waals surface area contributed by atoms with Crippen LogP contribution < -0.4 is 11.2 Å². The van der Waals surface area contributed by atoms with Crippen LogP contribution in [0.25, 0.3) is 0 Å². The first-order valence-electron chi connectivity index (χ1n) is 10.3. The van der Waals surface area contributed by atoms with Crippen LogP contribution >= 0.6 is 22.6 Å².